The van der Waals surface area contributed by atoms with Crippen LogP contribution >= 0.6 is 11.6 Å². The van der Waals surface area contributed by atoms with E-state index in [4.69, 9.17) is 25.8 Å². The Morgan fingerprint density at radius 1 is 1.12 bits per heavy atom. The van der Waals surface area contributed by atoms with E-state index in [1.54, 1.807) is 25.2 Å². The molecule has 5 aliphatic rings. The van der Waals surface area contributed by atoms with Crippen LogP contribution in [0, 0.1) is 11.8 Å². The molecule has 1 spiro atoms. The van der Waals surface area contributed by atoms with Gasteiger partial charge in [-0.15, -0.1) is 0 Å². The van der Waals surface area contributed by atoms with Gasteiger partial charge < -0.3 is 34.2 Å². The molecule has 2 fully saturated rings. The Morgan fingerprint density at radius 2 is 1.96 bits per heavy atom. The minimum atomic E-state index is -2.39. The number of amides is 1. The predicted octanol–water partition coefficient (Wildman–Crippen LogP) is 4.64. The van der Waals surface area contributed by atoms with Gasteiger partial charge in [-0.05, 0) is 91.3 Å². The van der Waals surface area contributed by atoms with Crippen LogP contribution in [0.1, 0.15) is 55.2 Å². The molecule has 0 radical (unpaired) electrons. The molecule has 50 heavy (non-hydrogen) atoms. The van der Waals surface area contributed by atoms with E-state index in [-0.39, 0.29) is 17.1 Å². The third-order valence-electron chi connectivity index (χ3n) is 11.8. The summed E-state index contributed by atoms with van der Waals surface area (Å²) in [5.41, 5.74) is 0.729. The van der Waals surface area contributed by atoms with E-state index in [0.29, 0.717) is 50.3 Å². The molecule has 11 heteroatoms. The van der Waals surface area contributed by atoms with Crippen molar-refractivity contribution in [3.8, 4) is 5.75 Å². The van der Waals surface area contributed by atoms with Crippen LogP contribution < -0.4 is 9.64 Å². The zero-order valence-corrected chi connectivity index (χ0v) is 29.8. The van der Waals surface area contributed by atoms with Crippen molar-refractivity contribution in [3.05, 3.63) is 70.3 Å². The number of aryl methyl sites for hydroxylation is 1. The first kappa shape index (κ1) is 35.3. The second-order valence-corrected chi connectivity index (χ2v) is 15.4. The number of halogens is 1. The third kappa shape index (κ3) is 7.15. The lowest BCUT2D eigenvalue weighted by Gasteiger charge is -2.46. The summed E-state index contributed by atoms with van der Waals surface area (Å²) in [5, 5.41) is 22.8. The van der Waals surface area contributed by atoms with Gasteiger partial charge in [0.15, 0.2) is 5.60 Å². The zero-order chi connectivity index (χ0) is 34.9. The molecular weight excluding hydrogens is 658 g/mol. The van der Waals surface area contributed by atoms with Gasteiger partial charge in [0.1, 0.15) is 5.75 Å². The Bertz CT molecular complexity index is 1600. The SMILES string of the molecule is CN1CC/C=C/C(OCCN2CCOCC2)[C@@H]2CC[C@H]2CN2C[C@@]3(CCCc4cc(Cl)ccc43)COc3ccc(cc32)[C@@](O)(C(=O)O)CC1=O. The first-order valence-electron chi connectivity index (χ1n) is 18.2. The highest BCUT2D eigenvalue weighted by atomic mass is 35.5. The fourth-order valence-corrected chi connectivity index (χ4v) is 8.85. The maximum absolute atomic E-state index is 13.4. The number of ether oxygens (including phenoxy) is 3. The van der Waals surface area contributed by atoms with E-state index in [2.05, 4.69) is 34.1 Å². The van der Waals surface area contributed by atoms with Crippen LogP contribution in [0.15, 0.2) is 48.6 Å². The number of fused-ring (bicyclic) bond motifs is 4. The van der Waals surface area contributed by atoms with Gasteiger partial charge in [-0.2, -0.15) is 0 Å². The van der Waals surface area contributed by atoms with Gasteiger partial charge >= 0.3 is 5.97 Å². The van der Waals surface area contributed by atoms with Crippen molar-refractivity contribution < 1.29 is 34.0 Å². The second kappa shape index (κ2) is 14.8. The normalized spacial score (nSPS) is 31.2. The first-order valence-corrected chi connectivity index (χ1v) is 18.6. The van der Waals surface area contributed by atoms with Crippen LogP contribution in [-0.2, 0) is 36.5 Å². The van der Waals surface area contributed by atoms with Gasteiger partial charge in [-0.25, -0.2) is 4.79 Å². The van der Waals surface area contributed by atoms with E-state index in [1.165, 1.54) is 16.0 Å². The Hall–Kier alpha value is -3.15. The number of aliphatic hydroxyl groups is 1. The van der Waals surface area contributed by atoms with Crippen molar-refractivity contribution in [1.82, 2.24) is 9.80 Å². The minimum absolute atomic E-state index is 0.0543. The second-order valence-electron chi connectivity index (χ2n) is 15.0. The smallest absolute Gasteiger partial charge is 0.340 e. The summed E-state index contributed by atoms with van der Waals surface area (Å²) in [6.45, 7) is 7.13. The average molecular weight is 708 g/mol. The van der Waals surface area contributed by atoms with Gasteiger partial charge in [0.2, 0.25) is 5.91 Å². The topological polar surface area (TPSA) is 112 Å². The van der Waals surface area contributed by atoms with Gasteiger partial charge in [-0.3, -0.25) is 9.69 Å². The number of aliphatic carboxylic acids is 1. The van der Waals surface area contributed by atoms with Crippen LogP contribution in [0.25, 0.3) is 0 Å². The van der Waals surface area contributed by atoms with Crippen molar-refractivity contribution in [2.24, 2.45) is 11.8 Å². The van der Waals surface area contributed by atoms with Gasteiger partial charge in [0, 0.05) is 56.8 Å². The minimum Gasteiger partial charge on any atom is -0.490 e. The summed E-state index contributed by atoms with van der Waals surface area (Å²) in [4.78, 5) is 32.3. The van der Waals surface area contributed by atoms with Crippen LogP contribution in [0.2, 0.25) is 5.02 Å². The number of morpholine rings is 1. The van der Waals surface area contributed by atoms with E-state index < -0.39 is 23.9 Å². The highest BCUT2D eigenvalue weighted by Crippen LogP contribution is 2.48. The molecule has 10 nitrogen and oxygen atoms in total. The fraction of sp³-hybridized carbons (Fsp3) is 0.590. The van der Waals surface area contributed by atoms with Crippen LogP contribution in [-0.4, -0.2) is 111 Å². The molecule has 1 saturated carbocycles. The number of benzene rings is 2. The molecule has 7 rings (SSSR count). The summed E-state index contributed by atoms with van der Waals surface area (Å²) in [7, 11) is 1.65. The number of anilines is 1. The van der Waals surface area contributed by atoms with Crippen molar-refractivity contribution in [3.63, 3.8) is 0 Å². The molecule has 2 bridgehead atoms. The number of carbonyl (C=O) groups excluding carboxylic acids is 1. The molecule has 3 heterocycles. The molecule has 3 aliphatic heterocycles. The molecular formula is C39H50ClN3O7. The molecule has 270 valence electrons. The average Bonchev–Trinajstić information content (AvgIpc) is 3.24. The lowest BCUT2D eigenvalue weighted by molar-refractivity contribution is -0.164. The highest BCUT2D eigenvalue weighted by Gasteiger charge is 2.46. The molecule has 2 N–H and O–H groups in total. The van der Waals surface area contributed by atoms with Crippen molar-refractivity contribution in [1.29, 1.82) is 0 Å². The summed E-state index contributed by atoms with van der Waals surface area (Å²) < 4.78 is 18.8. The van der Waals surface area contributed by atoms with Gasteiger partial charge in [0.05, 0.1) is 44.6 Å². The number of rotatable bonds is 5. The molecule has 0 aromatic heterocycles. The van der Waals surface area contributed by atoms with E-state index in [0.717, 1.165) is 82.2 Å². The van der Waals surface area contributed by atoms with E-state index in [1.807, 2.05) is 6.07 Å². The summed E-state index contributed by atoms with van der Waals surface area (Å²) in [6, 6.07) is 11.3. The lowest BCUT2D eigenvalue weighted by atomic mass is 9.68. The Kier molecular flexibility index (Phi) is 10.5. The lowest BCUT2D eigenvalue weighted by Crippen LogP contribution is -2.50. The molecule has 2 aliphatic carbocycles. The van der Waals surface area contributed by atoms with Crippen molar-refractivity contribution in [2.75, 3.05) is 77.6 Å². The van der Waals surface area contributed by atoms with E-state index >= 15 is 0 Å². The maximum Gasteiger partial charge on any atom is 0.340 e. The zero-order valence-electron chi connectivity index (χ0n) is 29.0. The molecule has 2 aromatic rings. The van der Waals surface area contributed by atoms with Gasteiger partial charge in [0.25, 0.3) is 0 Å². The fourth-order valence-electron chi connectivity index (χ4n) is 8.65. The Labute approximate surface area is 299 Å². The van der Waals surface area contributed by atoms with Crippen LogP contribution in [0.5, 0.6) is 5.75 Å². The Morgan fingerprint density at radius 3 is 2.74 bits per heavy atom. The van der Waals surface area contributed by atoms with Gasteiger partial charge in [-0.1, -0.05) is 35.9 Å². The molecule has 1 unspecified atom stereocenters. The summed E-state index contributed by atoms with van der Waals surface area (Å²) in [5.74, 6) is -0.593. The van der Waals surface area contributed by atoms with Crippen LogP contribution in [0.4, 0.5) is 5.69 Å². The molecule has 5 atom stereocenters. The number of hydrogen-bond acceptors (Lipinski definition) is 8. The summed E-state index contributed by atoms with van der Waals surface area (Å²) >= 11 is 6.46. The molecule has 2 aromatic carbocycles. The Balaban J connectivity index is 1.25. The molecule has 1 saturated heterocycles. The molecule has 1 amide bonds. The first-order chi connectivity index (χ1) is 24.1. The quantitative estimate of drug-likeness (QED) is 0.430. The summed E-state index contributed by atoms with van der Waals surface area (Å²) in [6.07, 6.45) is 9.27. The van der Waals surface area contributed by atoms with Crippen molar-refractivity contribution >= 4 is 29.2 Å². The van der Waals surface area contributed by atoms with Crippen LogP contribution in [0.3, 0.4) is 0 Å². The number of carboxylic acids is 1. The predicted molar refractivity (Wildman–Crippen MR) is 191 cm³/mol. The number of nitrogens with zero attached hydrogens (tertiary/aromatic N) is 3. The largest absolute Gasteiger partial charge is 0.490 e. The van der Waals surface area contributed by atoms with E-state index in [9.17, 15) is 19.8 Å². The maximum atomic E-state index is 13.4. The number of hydrogen-bond donors (Lipinski definition) is 2. The monoisotopic (exact) mass is 707 g/mol. The number of carbonyl (C=O) groups is 2. The highest BCUT2D eigenvalue weighted by molar-refractivity contribution is 6.30. The number of carboxylic acid groups (broad SMARTS) is 1. The standard InChI is InChI=1S/C39H50ClN3O7/c1-41-14-3-2-6-34(49-20-17-42-15-18-48-19-16-42)31-10-7-28(31)24-43-25-38(13-4-5-27-21-30(40)9-11-32(27)38)26-50-35-12-8-29(22-33(35)43)39(47,37(45)46)23-36(41)44/h2,6,8-9,11-12,21-22,28,31,34,47H,3-5,7,10,13-20,23-26H2,1H3,(H,45,46)/b6-2+/t28-,31+,34?,38-,39+/m0/s1. The van der Waals surface area contributed by atoms with Crippen molar-refractivity contribution in [2.45, 2.75) is 62.1 Å². The third-order valence-corrected chi connectivity index (χ3v) is 12.1.